The third kappa shape index (κ3) is 4.38. The molecule has 3 aromatic heterocycles. The van der Waals surface area contributed by atoms with Crippen LogP contribution in [0.15, 0.2) is 36.5 Å². The minimum absolute atomic E-state index is 0.196. The Hall–Kier alpha value is -2.59. The van der Waals surface area contributed by atoms with Crippen molar-refractivity contribution in [3.63, 3.8) is 0 Å². The van der Waals surface area contributed by atoms with E-state index in [1.807, 2.05) is 26.2 Å². The quantitative estimate of drug-likeness (QED) is 0.474. The molecule has 3 heterocycles. The van der Waals surface area contributed by atoms with Crippen LogP contribution < -0.4 is 11.1 Å². The molecule has 0 aliphatic heterocycles. The van der Waals surface area contributed by atoms with Gasteiger partial charge in [-0.25, -0.2) is 15.0 Å². The van der Waals surface area contributed by atoms with Crippen LogP contribution >= 0.6 is 34.3 Å². The van der Waals surface area contributed by atoms with Gasteiger partial charge in [0.2, 0.25) is 5.95 Å². The molecule has 7 nitrogen and oxygen atoms in total. The minimum Gasteiger partial charge on any atom is -0.368 e. The Kier molecular flexibility index (Phi) is 5.46. The van der Waals surface area contributed by atoms with E-state index in [4.69, 9.17) is 17.3 Å². The smallest absolute Gasteiger partial charge is 0.267 e. The van der Waals surface area contributed by atoms with Crippen LogP contribution in [-0.2, 0) is 6.54 Å². The first-order valence-electron chi connectivity index (χ1n) is 8.63. The lowest BCUT2D eigenvalue weighted by Gasteiger charge is -2.09. The van der Waals surface area contributed by atoms with Crippen molar-refractivity contribution in [1.82, 2.24) is 19.9 Å². The zero-order valence-corrected chi connectivity index (χ0v) is 18.0. The molecule has 0 spiro atoms. The monoisotopic (exact) mass is 444 g/mol. The highest BCUT2D eigenvalue weighted by Crippen LogP contribution is 2.33. The zero-order chi connectivity index (χ0) is 20.5. The molecule has 148 valence electrons. The number of thiazole rings is 1. The Morgan fingerprint density at radius 3 is 2.79 bits per heavy atom. The molecular formula is C19H17ClN6OS2. The number of halogens is 1. The van der Waals surface area contributed by atoms with Crippen molar-refractivity contribution in [1.29, 1.82) is 0 Å². The number of benzene rings is 1. The van der Waals surface area contributed by atoms with E-state index in [9.17, 15) is 4.79 Å². The Morgan fingerprint density at radius 1 is 1.21 bits per heavy atom. The highest BCUT2D eigenvalue weighted by Gasteiger charge is 2.15. The third-order valence-corrected chi connectivity index (χ3v) is 6.30. The van der Waals surface area contributed by atoms with Crippen molar-refractivity contribution >= 4 is 61.5 Å². The Balaban J connectivity index is 1.55. The Bertz CT molecular complexity index is 1200. The maximum Gasteiger partial charge on any atom is 0.267 e. The van der Waals surface area contributed by atoms with E-state index < -0.39 is 0 Å². The summed E-state index contributed by atoms with van der Waals surface area (Å²) in [4.78, 5) is 28.7. The molecule has 0 unspecified atom stereocenters. The molecule has 1 aromatic carbocycles. The molecule has 10 heteroatoms. The fourth-order valence-corrected chi connectivity index (χ4v) is 4.98. The zero-order valence-electron chi connectivity index (χ0n) is 15.6. The van der Waals surface area contributed by atoms with Crippen LogP contribution in [0.25, 0.3) is 20.8 Å². The van der Waals surface area contributed by atoms with Gasteiger partial charge in [0.1, 0.15) is 5.52 Å². The van der Waals surface area contributed by atoms with Gasteiger partial charge in [0.05, 0.1) is 25.2 Å². The van der Waals surface area contributed by atoms with Crippen molar-refractivity contribution in [3.8, 4) is 10.6 Å². The van der Waals surface area contributed by atoms with E-state index in [-0.39, 0.29) is 11.9 Å². The summed E-state index contributed by atoms with van der Waals surface area (Å²) in [5.41, 5.74) is 8.11. The van der Waals surface area contributed by atoms with Gasteiger partial charge < -0.3 is 10.6 Å². The van der Waals surface area contributed by atoms with E-state index >= 15 is 0 Å². The summed E-state index contributed by atoms with van der Waals surface area (Å²) in [6.45, 7) is 0.779. The SMILES string of the molecule is CN(C)Cc1cc(Cl)c2nc(NC(=O)c3ccc(-c4ccnc(N)n4)s3)sc2c1. The van der Waals surface area contributed by atoms with Gasteiger partial charge in [-0.3, -0.25) is 10.1 Å². The predicted molar refractivity (Wildman–Crippen MR) is 120 cm³/mol. The second-order valence-electron chi connectivity index (χ2n) is 6.60. The lowest BCUT2D eigenvalue weighted by atomic mass is 10.2. The standard InChI is InChI=1S/C19H17ClN6OS2/c1-26(2)9-10-7-11(20)16-15(8-10)29-19(24-16)25-17(27)14-4-3-13(28-14)12-5-6-22-18(21)23-12/h3-8H,9H2,1-2H3,(H2,21,22,23)(H,24,25,27). The number of rotatable bonds is 5. The highest BCUT2D eigenvalue weighted by molar-refractivity contribution is 7.22. The second-order valence-corrected chi connectivity index (χ2v) is 9.12. The predicted octanol–water partition coefficient (Wildman–Crippen LogP) is 4.36. The molecule has 29 heavy (non-hydrogen) atoms. The van der Waals surface area contributed by atoms with E-state index in [1.165, 1.54) is 22.7 Å². The summed E-state index contributed by atoms with van der Waals surface area (Å²) in [5.74, 6) is -0.0335. The molecular weight excluding hydrogens is 428 g/mol. The van der Waals surface area contributed by atoms with Crippen molar-refractivity contribution in [2.75, 3.05) is 25.1 Å². The highest BCUT2D eigenvalue weighted by atomic mass is 35.5. The van der Waals surface area contributed by atoms with Crippen molar-refractivity contribution in [3.05, 3.63) is 52.0 Å². The second kappa shape index (κ2) is 8.03. The van der Waals surface area contributed by atoms with Gasteiger partial charge >= 0.3 is 0 Å². The molecule has 0 atom stereocenters. The number of carbonyl (C=O) groups is 1. The fourth-order valence-electron chi connectivity index (χ4n) is 2.82. The van der Waals surface area contributed by atoms with Gasteiger partial charge in [-0.15, -0.1) is 11.3 Å². The average Bonchev–Trinajstić information content (AvgIpc) is 3.28. The van der Waals surface area contributed by atoms with Gasteiger partial charge in [0, 0.05) is 12.7 Å². The van der Waals surface area contributed by atoms with Crippen LogP contribution in [0.2, 0.25) is 5.02 Å². The van der Waals surface area contributed by atoms with Crippen LogP contribution in [0.5, 0.6) is 0 Å². The molecule has 0 saturated carbocycles. The molecule has 3 N–H and O–H groups in total. The number of hydrogen-bond donors (Lipinski definition) is 2. The summed E-state index contributed by atoms with van der Waals surface area (Å²) in [6, 6.07) is 9.31. The maximum atomic E-state index is 12.7. The topological polar surface area (TPSA) is 97.0 Å². The van der Waals surface area contributed by atoms with E-state index in [1.54, 1.807) is 18.3 Å². The summed E-state index contributed by atoms with van der Waals surface area (Å²) in [5, 5.41) is 3.95. The van der Waals surface area contributed by atoms with Crippen molar-refractivity contribution in [2.45, 2.75) is 6.54 Å². The van der Waals surface area contributed by atoms with Gasteiger partial charge in [0.15, 0.2) is 5.13 Å². The molecule has 0 saturated heterocycles. The van der Waals surface area contributed by atoms with Crippen LogP contribution in [0.3, 0.4) is 0 Å². The molecule has 0 radical (unpaired) electrons. The number of nitrogen functional groups attached to an aromatic ring is 1. The lowest BCUT2D eigenvalue weighted by Crippen LogP contribution is -2.10. The minimum atomic E-state index is -0.230. The van der Waals surface area contributed by atoms with Gasteiger partial charge in [-0.1, -0.05) is 22.9 Å². The molecule has 0 fully saturated rings. The number of fused-ring (bicyclic) bond motifs is 1. The first kappa shape index (κ1) is 19.7. The molecule has 1 amide bonds. The van der Waals surface area contributed by atoms with Crippen LogP contribution in [0.1, 0.15) is 15.2 Å². The summed E-state index contributed by atoms with van der Waals surface area (Å²) >= 11 is 9.12. The molecule has 4 rings (SSSR count). The average molecular weight is 445 g/mol. The number of amides is 1. The van der Waals surface area contributed by atoms with Crippen molar-refractivity contribution in [2.24, 2.45) is 0 Å². The third-order valence-electron chi connectivity index (χ3n) is 3.98. The van der Waals surface area contributed by atoms with Gasteiger partial charge in [-0.2, -0.15) is 0 Å². The van der Waals surface area contributed by atoms with Gasteiger partial charge in [0.25, 0.3) is 5.91 Å². The van der Waals surface area contributed by atoms with E-state index in [2.05, 4.69) is 31.2 Å². The van der Waals surface area contributed by atoms with E-state index in [0.717, 1.165) is 21.7 Å². The van der Waals surface area contributed by atoms with Gasteiger partial charge in [-0.05, 0) is 50.0 Å². The molecule has 0 aliphatic carbocycles. The molecule has 0 aliphatic rings. The van der Waals surface area contributed by atoms with Crippen LogP contribution in [-0.4, -0.2) is 39.9 Å². The summed E-state index contributed by atoms with van der Waals surface area (Å²) in [6.07, 6.45) is 1.59. The maximum absolute atomic E-state index is 12.7. The summed E-state index contributed by atoms with van der Waals surface area (Å²) in [7, 11) is 4.00. The number of nitrogens with two attached hydrogens (primary N) is 1. The number of carbonyl (C=O) groups excluding carboxylic acids is 1. The Labute approximate surface area is 180 Å². The largest absolute Gasteiger partial charge is 0.368 e. The van der Waals surface area contributed by atoms with Crippen molar-refractivity contribution < 1.29 is 4.79 Å². The fraction of sp³-hybridized carbons (Fsp3) is 0.158. The number of nitrogens with one attached hydrogen (secondary N) is 1. The molecule has 0 bridgehead atoms. The number of anilines is 2. The lowest BCUT2D eigenvalue weighted by molar-refractivity contribution is 0.103. The number of thiophene rings is 1. The Morgan fingerprint density at radius 2 is 2.03 bits per heavy atom. The van der Waals surface area contributed by atoms with E-state index in [0.29, 0.717) is 26.2 Å². The number of hydrogen-bond acceptors (Lipinski definition) is 8. The first-order chi connectivity index (χ1) is 13.9. The van der Waals surface area contributed by atoms with Crippen LogP contribution in [0, 0.1) is 0 Å². The first-order valence-corrected chi connectivity index (χ1v) is 10.6. The molecule has 4 aromatic rings. The van der Waals surface area contributed by atoms with Crippen LogP contribution in [0.4, 0.5) is 11.1 Å². The number of aromatic nitrogens is 3. The normalized spacial score (nSPS) is 11.3. The number of nitrogens with zero attached hydrogens (tertiary/aromatic N) is 4. The summed E-state index contributed by atoms with van der Waals surface area (Å²) < 4.78 is 0.938.